The molecule has 2 fully saturated rings. The second-order valence-corrected chi connectivity index (χ2v) is 7.79. The van der Waals surface area contributed by atoms with Crippen molar-refractivity contribution in [3.63, 3.8) is 0 Å². The van der Waals surface area contributed by atoms with Gasteiger partial charge in [0.05, 0.1) is 25.1 Å². The van der Waals surface area contributed by atoms with Crippen molar-refractivity contribution in [2.45, 2.75) is 44.8 Å². The molecule has 1 saturated carbocycles. The number of likely N-dealkylation sites (tertiary alicyclic amines) is 1. The number of nitrogens with one attached hydrogen (secondary N) is 1. The largest absolute Gasteiger partial charge is 0.497 e. The molecule has 1 aliphatic carbocycles. The minimum Gasteiger partial charge on any atom is -0.497 e. The number of piperidine rings is 1. The van der Waals surface area contributed by atoms with Gasteiger partial charge in [-0.05, 0) is 56.5 Å². The first-order chi connectivity index (χ1) is 12.7. The number of aromatic nitrogens is 2. The molecule has 4 rings (SSSR count). The van der Waals surface area contributed by atoms with E-state index in [-0.39, 0.29) is 0 Å². The summed E-state index contributed by atoms with van der Waals surface area (Å²) < 4.78 is 11.1. The molecule has 26 heavy (non-hydrogen) atoms. The van der Waals surface area contributed by atoms with Crippen LogP contribution in [0.4, 0.5) is 0 Å². The molecule has 2 atom stereocenters. The molecule has 0 amide bonds. The van der Waals surface area contributed by atoms with Gasteiger partial charge in [-0.15, -0.1) is 0 Å². The Morgan fingerprint density at radius 2 is 2.00 bits per heavy atom. The normalized spacial score (nSPS) is 26.5. The first kappa shape index (κ1) is 17.6. The van der Waals surface area contributed by atoms with E-state index in [1.165, 1.54) is 37.7 Å². The van der Waals surface area contributed by atoms with Gasteiger partial charge >= 0.3 is 0 Å². The van der Waals surface area contributed by atoms with Crippen molar-refractivity contribution < 1.29 is 9.47 Å². The van der Waals surface area contributed by atoms with Crippen LogP contribution >= 0.6 is 0 Å². The minimum atomic E-state index is 0.358. The van der Waals surface area contributed by atoms with E-state index in [1.807, 2.05) is 25.4 Å². The third kappa shape index (κ3) is 3.26. The molecule has 1 saturated heterocycles. The second kappa shape index (κ2) is 7.41. The fourth-order valence-electron chi connectivity index (χ4n) is 5.01. The highest BCUT2D eigenvalue weighted by atomic mass is 16.5. The highest BCUT2D eigenvalue weighted by molar-refractivity contribution is 5.63. The Balaban J connectivity index is 1.50. The Kier molecular flexibility index (Phi) is 5.00. The van der Waals surface area contributed by atoms with Crippen LogP contribution in [0.5, 0.6) is 5.75 Å². The third-order valence-electron chi connectivity index (χ3n) is 6.29. The van der Waals surface area contributed by atoms with Gasteiger partial charge in [-0.25, -0.2) is 0 Å². The zero-order chi connectivity index (χ0) is 18.0. The molecular weight excluding hydrogens is 326 g/mol. The van der Waals surface area contributed by atoms with Crippen LogP contribution in [0.3, 0.4) is 0 Å². The molecule has 2 aromatic rings. The lowest BCUT2D eigenvalue weighted by Crippen LogP contribution is -2.47. The first-order valence-electron chi connectivity index (χ1n) is 9.66. The van der Waals surface area contributed by atoms with Crippen LogP contribution in [0.1, 0.15) is 37.7 Å². The number of rotatable bonds is 5. The van der Waals surface area contributed by atoms with Crippen LogP contribution in [-0.4, -0.2) is 48.5 Å². The average Bonchev–Trinajstić information content (AvgIpc) is 3.29. The molecule has 2 heterocycles. The van der Waals surface area contributed by atoms with Crippen LogP contribution in [0.15, 0.2) is 30.5 Å². The van der Waals surface area contributed by atoms with Crippen LogP contribution in [-0.2, 0) is 11.3 Å². The van der Waals surface area contributed by atoms with Crippen molar-refractivity contribution in [2.24, 2.45) is 5.41 Å². The Morgan fingerprint density at radius 1 is 1.19 bits per heavy atom. The average molecular weight is 355 g/mol. The van der Waals surface area contributed by atoms with Crippen molar-refractivity contribution >= 4 is 0 Å². The number of nitrogens with zero attached hydrogens (tertiary/aromatic N) is 2. The smallest absolute Gasteiger partial charge is 0.118 e. The quantitative estimate of drug-likeness (QED) is 0.885. The van der Waals surface area contributed by atoms with Crippen molar-refractivity contribution in [1.29, 1.82) is 0 Å². The number of methoxy groups -OCH3 is 2. The highest BCUT2D eigenvalue weighted by Crippen LogP contribution is 2.46. The maximum Gasteiger partial charge on any atom is 0.118 e. The maximum atomic E-state index is 5.85. The zero-order valence-corrected chi connectivity index (χ0v) is 15.8. The molecule has 0 radical (unpaired) electrons. The van der Waals surface area contributed by atoms with Gasteiger partial charge in [-0.2, -0.15) is 5.10 Å². The summed E-state index contributed by atoms with van der Waals surface area (Å²) in [6.07, 6.45) is 8.79. The third-order valence-corrected chi connectivity index (χ3v) is 6.29. The summed E-state index contributed by atoms with van der Waals surface area (Å²) in [4.78, 5) is 2.60. The molecule has 0 unspecified atom stereocenters. The summed E-state index contributed by atoms with van der Waals surface area (Å²) in [6, 6.07) is 8.17. The van der Waals surface area contributed by atoms with Gasteiger partial charge < -0.3 is 9.47 Å². The molecule has 1 spiro atoms. The summed E-state index contributed by atoms with van der Waals surface area (Å²) in [6.45, 7) is 3.24. The van der Waals surface area contributed by atoms with Crippen LogP contribution in [0.2, 0.25) is 0 Å². The molecule has 5 nitrogen and oxygen atoms in total. The molecule has 1 aliphatic heterocycles. The maximum absolute atomic E-state index is 5.85. The van der Waals surface area contributed by atoms with E-state index in [9.17, 15) is 0 Å². The van der Waals surface area contributed by atoms with Crippen LogP contribution < -0.4 is 4.74 Å². The predicted molar refractivity (Wildman–Crippen MR) is 102 cm³/mol. The van der Waals surface area contributed by atoms with E-state index in [0.717, 1.165) is 36.6 Å². The van der Waals surface area contributed by atoms with Gasteiger partial charge in [0.2, 0.25) is 0 Å². The van der Waals surface area contributed by atoms with Crippen molar-refractivity contribution in [3.05, 3.63) is 36.0 Å². The van der Waals surface area contributed by atoms with E-state index in [2.05, 4.69) is 27.2 Å². The lowest BCUT2D eigenvalue weighted by molar-refractivity contribution is -0.0366. The fourth-order valence-corrected chi connectivity index (χ4v) is 5.01. The van der Waals surface area contributed by atoms with E-state index >= 15 is 0 Å². The highest BCUT2D eigenvalue weighted by Gasteiger charge is 2.45. The molecular formula is C21H29N3O2. The van der Waals surface area contributed by atoms with Crippen molar-refractivity contribution in [2.75, 3.05) is 27.3 Å². The number of aromatic amines is 1. The number of hydrogen-bond acceptors (Lipinski definition) is 4. The van der Waals surface area contributed by atoms with Gasteiger partial charge in [-0.3, -0.25) is 10.00 Å². The summed E-state index contributed by atoms with van der Waals surface area (Å²) in [5.74, 6) is 0.875. The first-order valence-corrected chi connectivity index (χ1v) is 9.66. The fraction of sp³-hybridized carbons (Fsp3) is 0.571. The molecule has 140 valence electrons. The zero-order valence-electron chi connectivity index (χ0n) is 15.8. The Hall–Kier alpha value is -1.85. The van der Waals surface area contributed by atoms with Crippen LogP contribution in [0, 0.1) is 5.41 Å². The van der Waals surface area contributed by atoms with Gasteiger partial charge in [0.1, 0.15) is 5.75 Å². The Labute approximate surface area is 155 Å². The lowest BCUT2D eigenvalue weighted by atomic mass is 9.76. The number of hydrogen-bond donors (Lipinski definition) is 1. The van der Waals surface area contributed by atoms with Gasteiger partial charge in [-0.1, -0.05) is 6.42 Å². The molecule has 0 bridgehead atoms. The second-order valence-electron chi connectivity index (χ2n) is 7.79. The standard InChI is InChI=1S/C21H29N3O2/c1-25-18-8-6-16(7-9-18)20-17(13-22-23-20)14-24-12-4-11-21(15-24)10-3-5-19(21)26-2/h6-9,13,19H,3-5,10-12,14-15H2,1-2H3,(H,22,23)/t19-,21+/m1/s1. The lowest BCUT2D eigenvalue weighted by Gasteiger charge is -2.43. The molecule has 1 aromatic carbocycles. The molecule has 1 N–H and O–H groups in total. The van der Waals surface area contributed by atoms with Gasteiger partial charge in [0.25, 0.3) is 0 Å². The van der Waals surface area contributed by atoms with Gasteiger partial charge in [0.15, 0.2) is 0 Å². The van der Waals surface area contributed by atoms with Crippen molar-refractivity contribution in [3.8, 4) is 17.0 Å². The Bertz CT molecular complexity index is 727. The molecule has 1 aromatic heterocycles. The summed E-state index contributed by atoms with van der Waals surface area (Å²) in [7, 11) is 3.58. The summed E-state index contributed by atoms with van der Waals surface area (Å²) in [5, 5.41) is 7.51. The number of benzene rings is 1. The van der Waals surface area contributed by atoms with Gasteiger partial charge in [0, 0.05) is 36.7 Å². The van der Waals surface area contributed by atoms with E-state index in [0.29, 0.717) is 11.5 Å². The molecule has 2 aliphatic rings. The monoisotopic (exact) mass is 355 g/mol. The topological polar surface area (TPSA) is 50.4 Å². The SMILES string of the molecule is COc1ccc(-c2[nH]ncc2CN2CCC[C@@]3(CCC[C@H]3OC)C2)cc1. The Morgan fingerprint density at radius 3 is 2.77 bits per heavy atom. The molecule has 5 heteroatoms. The van der Waals surface area contributed by atoms with E-state index in [4.69, 9.17) is 9.47 Å². The number of ether oxygens (including phenoxy) is 2. The van der Waals surface area contributed by atoms with Crippen LogP contribution in [0.25, 0.3) is 11.3 Å². The summed E-state index contributed by atoms with van der Waals surface area (Å²) in [5.41, 5.74) is 3.89. The van der Waals surface area contributed by atoms with E-state index < -0.39 is 0 Å². The predicted octanol–water partition coefficient (Wildman–Crippen LogP) is 3.87. The summed E-state index contributed by atoms with van der Waals surface area (Å²) >= 11 is 0. The number of H-pyrrole nitrogens is 1. The minimum absolute atomic E-state index is 0.358. The van der Waals surface area contributed by atoms with E-state index in [1.54, 1.807) is 7.11 Å². The van der Waals surface area contributed by atoms with Crippen molar-refractivity contribution in [1.82, 2.24) is 15.1 Å².